The third kappa shape index (κ3) is 3.81. The van der Waals surface area contributed by atoms with Crippen LogP contribution in [0.15, 0.2) is 24.3 Å². The summed E-state index contributed by atoms with van der Waals surface area (Å²) in [4.78, 5) is 48.6. The number of carbonyl (C=O) groups is 2. The monoisotopic (exact) mass is 453 g/mol. The molecule has 10 nitrogen and oxygen atoms in total. The number of hydrogen-bond donors (Lipinski definition) is 0. The average Bonchev–Trinajstić information content (AvgIpc) is 2.76. The molecule has 2 aliphatic rings. The molecular weight excluding hydrogens is 430 g/mol. The molecule has 0 atom stereocenters. The minimum atomic E-state index is -0.729. The molecule has 2 heterocycles. The van der Waals surface area contributed by atoms with E-state index in [0.717, 1.165) is 23.3 Å². The van der Waals surface area contributed by atoms with Crippen LogP contribution in [0.25, 0.3) is 0 Å². The molecule has 0 N–H and O–H groups in total. The Balaban J connectivity index is 1.57. The number of nitro groups is 2. The van der Waals surface area contributed by atoms with Gasteiger partial charge in [0.2, 0.25) is 0 Å². The van der Waals surface area contributed by atoms with E-state index in [9.17, 15) is 29.8 Å². The number of ketones is 1. The minimum absolute atomic E-state index is 0.00362. The smallest absolute Gasteiger partial charge is 0.279 e. The van der Waals surface area contributed by atoms with Gasteiger partial charge in [0.15, 0.2) is 5.78 Å². The maximum atomic E-state index is 13.1. The molecule has 10 heteroatoms. The number of hydrogen-bond acceptors (Lipinski definition) is 7. The Kier molecular flexibility index (Phi) is 5.39. The molecule has 0 saturated carbocycles. The fraction of sp³-hybridized carbons (Fsp3) is 0.391. The number of nitrogens with zero attached hydrogens (tertiary/aromatic N) is 3. The maximum absolute atomic E-state index is 13.1. The highest BCUT2D eigenvalue weighted by atomic mass is 16.6. The van der Waals surface area contributed by atoms with Crippen molar-refractivity contribution in [3.8, 4) is 5.75 Å². The molecule has 4 rings (SSSR count). The van der Waals surface area contributed by atoms with E-state index in [0.29, 0.717) is 24.2 Å². The molecule has 1 amide bonds. The lowest BCUT2D eigenvalue weighted by atomic mass is 9.81. The van der Waals surface area contributed by atoms with Gasteiger partial charge in [-0.2, -0.15) is 0 Å². The summed E-state index contributed by atoms with van der Waals surface area (Å²) < 4.78 is 6.36. The van der Waals surface area contributed by atoms with Crippen molar-refractivity contribution in [2.24, 2.45) is 0 Å². The van der Waals surface area contributed by atoms with Crippen molar-refractivity contribution >= 4 is 23.1 Å². The first-order chi connectivity index (χ1) is 15.5. The number of nitro benzene ring substituents is 2. The summed E-state index contributed by atoms with van der Waals surface area (Å²) in [7, 11) is 0. The molecule has 33 heavy (non-hydrogen) atoms. The number of piperidine rings is 1. The molecule has 2 aromatic rings. The number of rotatable bonds is 3. The van der Waals surface area contributed by atoms with Crippen LogP contribution in [0.2, 0.25) is 0 Å². The highest BCUT2D eigenvalue weighted by Gasteiger charge is 2.44. The zero-order chi connectivity index (χ0) is 24.1. The van der Waals surface area contributed by atoms with Gasteiger partial charge in [-0.05, 0) is 38.0 Å². The Labute approximate surface area is 189 Å². The summed E-state index contributed by atoms with van der Waals surface area (Å²) in [5, 5.41) is 22.7. The minimum Gasteiger partial charge on any atom is -0.486 e. The van der Waals surface area contributed by atoms with Gasteiger partial charge in [-0.25, -0.2) is 0 Å². The fourth-order valence-electron chi connectivity index (χ4n) is 4.55. The number of likely N-dealkylation sites (tertiary alicyclic amines) is 1. The number of aryl methyl sites for hydroxylation is 1. The molecular formula is C23H23N3O7. The number of fused-ring (bicyclic) bond motifs is 1. The number of benzene rings is 2. The molecule has 172 valence electrons. The van der Waals surface area contributed by atoms with Gasteiger partial charge in [-0.1, -0.05) is 6.07 Å². The molecule has 2 aromatic carbocycles. The van der Waals surface area contributed by atoms with Gasteiger partial charge in [-0.15, -0.1) is 0 Å². The molecule has 0 aromatic heterocycles. The molecule has 1 fully saturated rings. The van der Waals surface area contributed by atoms with E-state index >= 15 is 0 Å². The van der Waals surface area contributed by atoms with E-state index < -0.39 is 32.7 Å². The number of Topliss-reactive ketones (excluding diaryl/α,β-unsaturated/α-hetero) is 1. The topological polar surface area (TPSA) is 133 Å². The van der Waals surface area contributed by atoms with E-state index in [2.05, 4.69) is 0 Å². The lowest BCUT2D eigenvalue weighted by Crippen LogP contribution is -2.52. The summed E-state index contributed by atoms with van der Waals surface area (Å²) in [6.45, 7) is 5.68. The third-order valence-corrected chi connectivity index (χ3v) is 6.73. The second-order valence-corrected chi connectivity index (χ2v) is 8.72. The summed E-state index contributed by atoms with van der Waals surface area (Å²) in [6, 6.07) is 5.84. The molecule has 0 unspecified atom stereocenters. The largest absolute Gasteiger partial charge is 0.486 e. The maximum Gasteiger partial charge on any atom is 0.279 e. The lowest BCUT2D eigenvalue weighted by Gasteiger charge is -2.44. The molecule has 0 aliphatic carbocycles. The van der Waals surface area contributed by atoms with Gasteiger partial charge >= 0.3 is 0 Å². The molecule has 0 radical (unpaired) electrons. The standard InChI is InChI=1S/C23H23N3O7/c1-13-4-5-17-20(27)12-23(33-21(17)14(13)2)6-8-24(9-7-23)22(28)16-10-18(25(29)30)15(3)19(11-16)26(31)32/h4-5,10-11H,6-9,12H2,1-3H3. The van der Waals surface area contributed by atoms with Crippen molar-refractivity contribution in [2.75, 3.05) is 13.1 Å². The molecule has 1 saturated heterocycles. The molecule has 2 aliphatic heterocycles. The Morgan fingerprint density at radius 1 is 1.00 bits per heavy atom. The number of amides is 1. The predicted molar refractivity (Wildman–Crippen MR) is 118 cm³/mol. The van der Waals surface area contributed by atoms with Crippen molar-refractivity contribution in [1.29, 1.82) is 0 Å². The van der Waals surface area contributed by atoms with E-state index in [1.807, 2.05) is 19.9 Å². The Hall–Kier alpha value is -3.82. The van der Waals surface area contributed by atoms with Gasteiger partial charge in [0, 0.05) is 38.1 Å². The van der Waals surface area contributed by atoms with Crippen LogP contribution in [-0.4, -0.2) is 45.1 Å². The highest BCUT2D eigenvalue weighted by molar-refractivity contribution is 6.01. The second-order valence-electron chi connectivity index (χ2n) is 8.72. The fourth-order valence-corrected chi connectivity index (χ4v) is 4.55. The van der Waals surface area contributed by atoms with E-state index in [1.54, 1.807) is 6.07 Å². The van der Waals surface area contributed by atoms with E-state index in [4.69, 9.17) is 4.74 Å². The van der Waals surface area contributed by atoms with Crippen LogP contribution in [0.5, 0.6) is 5.75 Å². The molecule has 0 bridgehead atoms. The Morgan fingerprint density at radius 3 is 2.12 bits per heavy atom. The van der Waals surface area contributed by atoms with Crippen LogP contribution in [-0.2, 0) is 0 Å². The summed E-state index contributed by atoms with van der Waals surface area (Å²) in [6.07, 6.45) is 1.03. The Morgan fingerprint density at radius 2 is 1.58 bits per heavy atom. The van der Waals surface area contributed by atoms with Crippen LogP contribution in [0, 0.1) is 41.0 Å². The quantitative estimate of drug-likeness (QED) is 0.505. The van der Waals surface area contributed by atoms with Gasteiger partial charge < -0.3 is 9.64 Å². The number of carbonyl (C=O) groups excluding carboxylic acids is 2. The predicted octanol–water partition coefficient (Wildman–Crippen LogP) is 4.07. The number of ether oxygens (including phenoxy) is 1. The van der Waals surface area contributed by atoms with Crippen molar-refractivity contribution in [1.82, 2.24) is 4.90 Å². The highest BCUT2D eigenvalue weighted by Crippen LogP contribution is 2.42. The first kappa shape index (κ1) is 22.4. The van der Waals surface area contributed by atoms with Crippen LogP contribution in [0.4, 0.5) is 11.4 Å². The van der Waals surface area contributed by atoms with Crippen molar-refractivity contribution in [3.05, 3.63) is 72.3 Å². The first-order valence-electron chi connectivity index (χ1n) is 10.6. The Bertz CT molecular complexity index is 1180. The zero-order valence-electron chi connectivity index (χ0n) is 18.5. The van der Waals surface area contributed by atoms with Gasteiger partial charge in [0.1, 0.15) is 16.9 Å². The normalized spacial score (nSPS) is 16.8. The van der Waals surface area contributed by atoms with Crippen LogP contribution in [0.3, 0.4) is 0 Å². The van der Waals surface area contributed by atoms with Gasteiger partial charge in [0.25, 0.3) is 17.3 Å². The molecule has 1 spiro atoms. The summed E-state index contributed by atoms with van der Waals surface area (Å²) in [5.74, 6) is 0.0744. The summed E-state index contributed by atoms with van der Waals surface area (Å²) >= 11 is 0. The lowest BCUT2D eigenvalue weighted by molar-refractivity contribution is -0.395. The van der Waals surface area contributed by atoms with Gasteiger partial charge in [-0.3, -0.25) is 29.8 Å². The van der Waals surface area contributed by atoms with Crippen molar-refractivity contribution in [2.45, 2.75) is 45.6 Å². The second kappa shape index (κ2) is 7.95. The average molecular weight is 453 g/mol. The zero-order valence-corrected chi connectivity index (χ0v) is 18.5. The van der Waals surface area contributed by atoms with E-state index in [1.165, 1.54) is 11.8 Å². The third-order valence-electron chi connectivity index (χ3n) is 6.73. The van der Waals surface area contributed by atoms with Crippen molar-refractivity contribution in [3.63, 3.8) is 0 Å². The SMILES string of the molecule is Cc1ccc2c(c1C)OC1(CCN(C(=O)c3cc([N+](=O)[O-])c(C)c([N+](=O)[O-])c3)CC1)CC2=O. The van der Waals surface area contributed by atoms with Crippen LogP contribution < -0.4 is 4.74 Å². The first-order valence-corrected chi connectivity index (χ1v) is 10.6. The van der Waals surface area contributed by atoms with E-state index in [-0.39, 0.29) is 36.4 Å². The van der Waals surface area contributed by atoms with Crippen molar-refractivity contribution < 1.29 is 24.2 Å². The summed E-state index contributed by atoms with van der Waals surface area (Å²) in [5.41, 5.74) is 0.650. The van der Waals surface area contributed by atoms with Crippen LogP contribution >= 0.6 is 0 Å². The van der Waals surface area contributed by atoms with Gasteiger partial charge in [0.05, 0.1) is 27.4 Å². The van der Waals surface area contributed by atoms with Crippen LogP contribution in [0.1, 0.15) is 56.7 Å².